The van der Waals surface area contributed by atoms with Gasteiger partial charge in [-0.3, -0.25) is 4.90 Å². The molecule has 5 heterocycles. The summed E-state index contributed by atoms with van der Waals surface area (Å²) in [4.78, 5) is 10.1. The number of para-hydroxylation sites is 2. The van der Waals surface area contributed by atoms with Crippen molar-refractivity contribution in [3.63, 3.8) is 0 Å². The van der Waals surface area contributed by atoms with Crippen molar-refractivity contribution >= 4 is 27.8 Å². The Morgan fingerprint density at radius 2 is 1.60 bits per heavy atom. The summed E-state index contributed by atoms with van der Waals surface area (Å²) in [5, 5.41) is 0. The Hall–Kier alpha value is -2.28. The molecule has 0 amide bonds. The maximum Gasteiger partial charge on any atom is 0.233 e. The molecular weight excluding hydrogens is 374 g/mol. The van der Waals surface area contributed by atoms with Gasteiger partial charge in [-0.1, -0.05) is 12.1 Å². The fourth-order valence-electron chi connectivity index (χ4n) is 5.51. The number of hydrogen-bond donors (Lipinski definition) is 0. The highest BCUT2D eigenvalue weighted by Gasteiger charge is 2.39. The molecule has 30 heavy (non-hydrogen) atoms. The van der Waals surface area contributed by atoms with E-state index in [9.17, 15) is 0 Å². The van der Waals surface area contributed by atoms with E-state index in [1.165, 1.54) is 67.0 Å². The van der Waals surface area contributed by atoms with Gasteiger partial charge >= 0.3 is 0 Å². The molecule has 156 valence electrons. The van der Waals surface area contributed by atoms with Crippen molar-refractivity contribution in [1.29, 1.82) is 0 Å². The summed E-state index contributed by atoms with van der Waals surface area (Å²) in [7, 11) is 0. The van der Waals surface area contributed by atoms with Gasteiger partial charge in [0, 0.05) is 50.5 Å². The molecule has 0 atom stereocenters. The SMILES string of the molecule is c1ccc2c(c1)nc1ccc(N3CCOCC3)cc1[n+]2CC[N+]12CCN(CC1)CC2. The third kappa shape index (κ3) is 3.23. The average Bonchev–Trinajstić information content (AvgIpc) is 2.83. The summed E-state index contributed by atoms with van der Waals surface area (Å²) in [6.45, 7) is 13.5. The van der Waals surface area contributed by atoms with Gasteiger partial charge in [-0.2, -0.15) is 4.57 Å². The zero-order chi connectivity index (χ0) is 20.0. The Labute approximate surface area is 177 Å². The molecule has 3 aromatic rings. The zero-order valence-electron chi connectivity index (χ0n) is 17.7. The highest BCUT2D eigenvalue weighted by Crippen LogP contribution is 2.23. The number of fused-ring (bicyclic) bond motifs is 5. The number of ether oxygens (including phenoxy) is 1. The van der Waals surface area contributed by atoms with Crippen LogP contribution < -0.4 is 9.47 Å². The van der Waals surface area contributed by atoms with E-state index in [2.05, 4.69) is 56.8 Å². The van der Waals surface area contributed by atoms with E-state index in [0.717, 1.165) is 43.9 Å². The van der Waals surface area contributed by atoms with E-state index in [-0.39, 0.29) is 0 Å². The molecule has 0 unspecified atom stereocenters. The van der Waals surface area contributed by atoms with E-state index in [1.54, 1.807) is 0 Å². The van der Waals surface area contributed by atoms with Crippen LogP contribution in [-0.2, 0) is 11.3 Å². The molecule has 0 aliphatic carbocycles. The van der Waals surface area contributed by atoms with Gasteiger partial charge in [0.05, 0.1) is 32.8 Å². The first-order chi connectivity index (χ1) is 14.8. The van der Waals surface area contributed by atoms with Crippen LogP contribution in [-0.4, -0.2) is 86.5 Å². The lowest BCUT2D eigenvalue weighted by Crippen LogP contribution is -2.68. The van der Waals surface area contributed by atoms with E-state index in [1.807, 2.05) is 0 Å². The first-order valence-electron chi connectivity index (χ1n) is 11.4. The van der Waals surface area contributed by atoms with E-state index in [0.29, 0.717) is 0 Å². The van der Waals surface area contributed by atoms with Crippen molar-refractivity contribution in [3.8, 4) is 0 Å². The zero-order valence-corrected chi connectivity index (χ0v) is 17.7. The van der Waals surface area contributed by atoms with Crippen LogP contribution in [0.25, 0.3) is 22.1 Å². The first kappa shape index (κ1) is 18.5. The van der Waals surface area contributed by atoms with Gasteiger partial charge in [0.2, 0.25) is 11.0 Å². The van der Waals surface area contributed by atoms with Gasteiger partial charge in [-0.25, -0.2) is 4.98 Å². The lowest BCUT2D eigenvalue weighted by Gasteiger charge is -2.50. The lowest BCUT2D eigenvalue weighted by molar-refractivity contribution is -0.953. The Kier molecular flexibility index (Phi) is 4.59. The van der Waals surface area contributed by atoms with Crippen LogP contribution in [0.15, 0.2) is 42.5 Å². The molecular formula is C24H31N5O+2. The number of piperazine rings is 3. The van der Waals surface area contributed by atoms with Crippen molar-refractivity contribution in [2.45, 2.75) is 6.54 Å². The van der Waals surface area contributed by atoms with Crippen molar-refractivity contribution in [2.75, 3.05) is 77.0 Å². The Morgan fingerprint density at radius 3 is 2.40 bits per heavy atom. The van der Waals surface area contributed by atoms with Gasteiger partial charge in [-0.15, -0.1) is 0 Å². The topological polar surface area (TPSA) is 32.5 Å². The molecule has 7 rings (SSSR count). The Bertz CT molecular complexity index is 1060. The third-order valence-corrected chi connectivity index (χ3v) is 7.51. The molecule has 1 aromatic heterocycles. The van der Waals surface area contributed by atoms with Gasteiger partial charge in [0.15, 0.2) is 6.54 Å². The Balaban J connectivity index is 1.41. The summed E-state index contributed by atoms with van der Waals surface area (Å²) < 4.78 is 9.38. The number of morpholine rings is 1. The second-order valence-corrected chi connectivity index (χ2v) is 9.10. The second kappa shape index (κ2) is 7.45. The predicted octanol–water partition coefficient (Wildman–Crippen LogP) is 1.66. The number of rotatable bonds is 4. The molecule has 0 saturated carbocycles. The van der Waals surface area contributed by atoms with E-state index < -0.39 is 0 Å². The normalized spacial score (nSPS) is 26.5. The summed E-state index contributed by atoms with van der Waals surface area (Å²) in [5.74, 6) is 0. The summed E-state index contributed by atoms with van der Waals surface area (Å²) in [6.07, 6.45) is 0. The van der Waals surface area contributed by atoms with Crippen LogP contribution in [0.3, 0.4) is 0 Å². The third-order valence-electron chi connectivity index (χ3n) is 7.51. The quantitative estimate of drug-likeness (QED) is 0.376. The predicted molar refractivity (Wildman–Crippen MR) is 119 cm³/mol. The van der Waals surface area contributed by atoms with Crippen molar-refractivity contribution in [3.05, 3.63) is 42.5 Å². The number of nitrogens with zero attached hydrogens (tertiary/aromatic N) is 5. The highest BCUT2D eigenvalue weighted by atomic mass is 16.5. The molecule has 4 fully saturated rings. The highest BCUT2D eigenvalue weighted by molar-refractivity contribution is 5.83. The molecule has 4 saturated heterocycles. The van der Waals surface area contributed by atoms with Crippen LogP contribution in [0.5, 0.6) is 0 Å². The Morgan fingerprint density at radius 1 is 0.867 bits per heavy atom. The maximum atomic E-state index is 5.56. The standard InChI is InChI=1S/C24H31N5O/c1-2-4-23-21(3-1)25-22-6-5-20(27-11-17-30-18-12-27)19-24(22)28(23)10-16-29-13-7-26(8-14-29)9-15-29/h1-6,19H,7-18H2/q+2. The number of anilines is 1. The number of benzene rings is 2. The minimum atomic E-state index is 0.811. The van der Waals surface area contributed by atoms with Crippen LogP contribution in [0.1, 0.15) is 0 Å². The molecule has 2 bridgehead atoms. The average molecular weight is 406 g/mol. The van der Waals surface area contributed by atoms with Crippen LogP contribution >= 0.6 is 0 Å². The molecule has 2 aromatic carbocycles. The molecule has 6 nitrogen and oxygen atoms in total. The second-order valence-electron chi connectivity index (χ2n) is 9.10. The summed E-state index contributed by atoms with van der Waals surface area (Å²) in [6, 6.07) is 15.4. The maximum absolute atomic E-state index is 5.56. The monoisotopic (exact) mass is 405 g/mol. The number of hydrogen-bond acceptors (Lipinski definition) is 4. The minimum absolute atomic E-state index is 0.811. The van der Waals surface area contributed by atoms with Crippen molar-refractivity contribution in [2.24, 2.45) is 0 Å². The number of quaternary nitrogens is 1. The van der Waals surface area contributed by atoms with Crippen molar-refractivity contribution in [1.82, 2.24) is 9.88 Å². The summed E-state index contributed by atoms with van der Waals surface area (Å²) in [5.41, 5.74) is 5.97. The minimum Gasteiger partial charge on any atom is -0.378 e. The largest absolute Gasteiger partial charge is 0.378 e. The number of aromatic nitrogens is 2. The molecule has 4 aliphatic rings. The smallest absolute Gasteiger partial charge is 0.233 e. The van der Waals surface area contributed by atoms with Crippen LogP contribution in [0.2, 0.25) is 0 Å². The lowest BCUT2D eigenvalue weighted by atomic mass is 10.1. The first-order valence-corrected chi connectivity index (χ1v) is 11.4. The molecule has 0 radical (unpaired) electrons. The van der Waals surface area contributed by atoms with Crippen LogP contribution in [0, 0.1) is 0 Å². The fraction of sp³-hybridized carbons (Fsp3) is 0.500. The fourth-order valence-corrected chi connectivity index (χ4v) is 5.51. The van der Waals surface area contributed by atoms with Crippen molar-refractivity contribution < 1.29 is 13.8 Å². The van der Waals surface area contributed by atoms with Gasteiger partial charge in [0.1, 0.15) is 17.6 Å². The van der Waals surface area contributed by atoms with Gasteiger partial charge in [0.25, 0.3) is 0 Å². The molecule has 6 heteroatoms. The molecule has 4 aliphatic heterocycles. The van der Waals surface area contributed by atoms with E-state index in [4.69, 9.17) is 9.72 Å². The van der Waals surface area contributed by atoms with Gasteiger partial charge < -0.3 is 14.1 Å². The molecule has 0 N–H and O–H groups in total. The summed E-state index contributed by atoms with van der Waals surface area (Å²) >= 11 is 0. The molecule has 0 spiro atoms. The van der Waals surface area contributed by atoms with Gasteiger partial charge in [-0.05, 0) is 18.2 Å². The van der Waals surface area contributed by atoms with Crippen LogP contribution in [0.4, 0.5) is 5.69 Å². The van der Waals surface area contributed by atoms with E-state index >= 15 is 0 Å².